The van der Waals surface area contributed by atoms with Crippen LogP contribution in [-0.4, -0.2) is 84.5 Å². The van der Waals surface area contributed by atoms with Gasteiger partial charge in [0.05, 0.1) is 6.20 Å². The van der Waals surface area contributed by atoms with Crippen LogP contribution in [-0.2, 0) is 24.7 Å². The summed E-state index contributed by atoms with van der Waals surface area (Å²) >= 11 is 0. The Labute approximate surface area is 239 Å². The van der Waals surface area contributed by atoms with E-state index in [4.69, 9.17) is 9.72 Å². The van der Waals surface area contributed by atoms with E-state index in [1.807, 2.05) is 18.2 Å². The van der Waals surface area contributed by atoms with Gasteiger partial charge < -0.3 is 20.5 Å². The smallest absolute Gasteiger partial charge is 0.326 e. The maximum absolute atomic E-state index is 12.2. The van der Waals surface area contributed by atoms with Crippen molar-refractivity contribution in [2.45, 2.75) is 44.6 Å². The van der Waals surface area contributed by atoms with Gasteiger partial charge >= 0.3 is 5.97 Å². The van der Waals surface area contributed by atoms with Gasteiger partial charge in [0.2, 0.25) is 5.88 Å². The minimum atomic E-state index is -0.935. The summed E-state index contributed by atoms with van der Waals surface area (Å²) in [6.45, 7) is 3.50. The first kappa shape index (κ1) is 28.2. The van der Waals surface area contributed by atoms with Crippen LogP contribution in [0.1, 0.15) is 36.9 Å². The molecule has 3 N–H and O–H groups in total. The van der Waals surface area contributed by atoms with Gasteiger partial charge in [0.1, 0.15) is 35.8 Å². The molecule has 0 aliphatic carbocycles. The summed E-state index contributed by atoms with van der Waals surface area (Å²) in [6, 6.07) is 9.08. The molecule has 0 unspecified atom stereocenters. The number of carboxylic acid groups (broad SMARTS) is 1. The second-order valence-electron chi connectivity index (χ2n) is 10.2. The van der Waals surface area contributed by atoms with Crippen molar-refractivity contribution in [3.8, 4) is 5.88 Å². The van der Waals surface area contributed by atoms with E-state index in [1.54, 1.807) is 24.1 Å². The molecular formula is C29H37N9O3. The molecule has 12 nitrogen and oxygen atoms in total. The molecule has 1 aliphatic heterocycles. The number of hydrogen-bond donors (Lipinski definition) is 3. The third-order valence-corrected chi connectivity index (χ3v) is 7.27. The van der Waals surface area contributed by atoms with Crippen molar-refractivity contribution in [2.24, 2.45) is 7.05 Å². The molecule has 0 fully saturated rings. The Bertz CT molecular complexity index is 1430. The number of unbranched alkanes of at least 4 members (excludes halogenated alkanes) is 1. The van der Waals surface area contributed by atoms with Crippen molar-refractivity contribution >= 4 is 28.6 Å². The number of fused-ring (bicyclic) bond motifs is 2. The predicted octanol–water partition coefficient (Wildman–Crippen LogP) is 3.17. The summed E-state index contributed by atoms with van der Waals surface area (Å²) in [4.78, 5) is 32.0. The third kappa shape index (κ3) is 7.66. The number of anilines is 2. The van der Waals surface area contributed by atoms with Gasteiger partial charge in [-0.1, -0.05) is 12.1 Å². The molecule has 0 radical (unpaired) electrons. The number of pyridine rings is 2. The SMILES string of the molecule is Cn1ncc2ncnc(N[C@@H](CCN(CCCCc3ccc4c(n3)NCCC4)CCOc3ccccn3)C(=O)O)c21. The number of hydrogen-bond acceptors (Lipinski definition) is 10. The fourth-order valence-corrected chi connectivity index (χ4v) is 5.04. The molecule has 4 aromatic rings. The van der Waals surface area contributed by atoms with Gasteiger partial charge in [0.15, 0.2) is 5.82 Å². The van der Waals surface area contributed by atoms with E-state index in [0.717, 1.165) is 56.7 Å². The van der Waals surface area contributed by atoms with Gasteiger partial charge in [-0.25, -0.2) is 24.7 Å². The van der Waals surface area contributed by atoms with Gasteiger partial charge in [-0.2, -0.15) is 5.10 Å². The van der Waals surface area contributed by atoms with Crippen LogP contribution in [0.4, 0.5) is 11.6 Å². The monoisotopic (exact) mass is 559 g/mol. The number of rotatable bonds is 15. The fourth-order valence-electron chi connectivity index (χ4n) is 5.04. The first-order valence-corrected chi connectivity index (χ1v) is 14.2. The molecule has 0 bridgehead atoms. The van der Waals surface area contributed by atoms with Crippen molar-refractivity contribution in [3.05, 3.63) is 60.3 Å². The molecule has 5 heterocycles. The standard InChI is InChI=1S/C29H37N9O3/c1-37-26-24(19-34-37)32-20-33-28(26)36-23(29(39)40)12-16-38(17-18-41-25-9-2-4-13-30-25)15-5-3-8-22-11-10-21-7-6-14-31-27(21)35-22/h2,4,9-11,13,19-20,23H,3,5-8,12,14-18H2,1H3,(H,31,35)(H,39,40)(H,32,33,36)/t23-/m0/s1. The highest BCUT2D eigenvalue weighted by Crippen LogP contribution is 2.21. The lowest BCUT2D eigenvalue weighted by Gasteiger charge is -2.24. The molecule has 0 amide bonds. The predicted molar refractivity (Wildman–Crippen MR) is 156 cm³/mol. The molecule has 1 atom stereocenters. The second-order valence-corrected chi connectivity index (χ2v) is 10.2. The Hall–Kier alpha value is -4.32. The van der Waals surface area contributed by atoms with Crippen LogP contribution < -0.4 is 15.4 Å². The van der Waals surface area contributed by atoms with Crippen molar-refractivity contribution < 1.29 is 14.6 Å². The largest absolute Gasteiger partial charge is 0.480 e. The van der Waals surface area contributed by atoms with Crippen molar-refractivity contribution in [3.63, 3.8) is 0 Å². The van der Waals surface area contributed by atoms with E-state index in [2.05, 4.69) is 47.7 Å². The minimum Gasteiger partial charge on any atom is -0.480 e. The average Bonchev–Trinajstić information content (AvgIpc) is 3.38. The molecule has 5 rings (SSSR count). The first-order chi connectivity index (χ1) is 20.1. The number of aryl methyl sites for hydroxylation is 3. The summed E-state index contributed by atoms with van der Waals surface area (Å²) in [5, 5.41) is 20.7. The Morgan fingerprint density at radius 1 is 1.17 bits per heavy atom. The first-order valence-electron chi connectivity index (χ1n) is 14.2. The van der Waals surface area contributed by atoms with Crippen LogP contribution in [0.2, 0.25) is 0 Å². The summed E-state index contributed by atoms with van der Waals surface area (Å²) < 4.78 is 7.48. The molecule has 0 saturated carbocycles. The average molecular weight is 560 g/mol. The van der Waals surface area contributed by atoms with Crippen molar-refractivity contribution in [2.75, 3.05) is 43.4 Å². The molecule has 41 heavy (non-hydrogen) atoms. The van der Waals surface area contributed by atoms with E-state index in [0.29, 0.717) is 48.8 Å². The number of carbonyl (C=O) groups is 1. The topological polar surface area (TPSA) is 143 Å². The van der Waals surface area contributed by atoms with E-state index in [9.17, 15) is 9.90 Å². The van der Waals surface area contributed by atoms with Gasteiger partial charge in [-0.3, -0.25) is 9.58 Å². The molecular weight excluding hydrogens is 522 g/mol. The molecule has 0 aromatic carbocycles. The maximum Gasteiger partial charge on any atom is 0.326 e. The molecule has 0 spiro atoms. The van der Waals surface area contributed by atoms with Crippen LogP contribution in [0.3, 0.4) is 0 Å². The highest BCUT2D eigenvalue weighted by Gasteiger charge is 2.21. The van der Waals surface area contributed by atoms with E-state index in [-0.39, 0.29) is 0 Å². The molecule has 0 saturated heterocycles. The van der Waals surface area contributed by atoms with E-state index in [1.165, 1.54) is 11.9 Å². The molecule has 4 aromatic heterocycles. The molecule has 216 valence electrons. The Kier molecular flexibility index (Phi) is 9.53. The summed E-state index contributed by atoms with van der Waals surface area (Å²) in [6.07, 6.45) is 10.2. The third-order valence-electron chi connectivity index (χ3n) is 7.27. The molecule has 1 aliphatic rings. The van der Waals surface area contributed by atoms with Gasteiger partial charge in [-0.05, 0) is 62.8 Å². The highest BCUT2D eigenvalue weighted by atomic mass is 16.5. The maximum atomic E-state index is 12.2. The van der Waals surface area contributed by atoms with E-state index >= 15 is 0 Å². The van der Waals surface area contributed by atoms with Crippen LogP contribution in [0.5, 0.6) is 5.88 Å². The zero-order chi connectivity index (χ0) is 28.4. The summed E-state index contributed by atoms with van der Waals surface area (Å²) in [7, 11) is 1.78. The number of ether oxygens (including phenoxy) is 1. The minimum absolute atomic E-state index is 0.389. The highest BCUT2D eigenvalue weighted by molar-refractivity contribution is 5.87. The Balaban J connectivity index is 1.17. The zero-order valence-electron chi connectivity index (χ0n) is 23.4. The normalized spacial score (nSPS) is 13.5. The fraction of sp³-hybridized carbons (Fsp3) is 0.448. The van der Waals surface area contributed by atoms with Crippen molar-refractivity contribution in [1.82, 2.24) is 34.6 Å². The Morgan fingerprint density at radius 2 is 2.10 bits per heavy atom. The number of carboxylic acids is 1. The second kappa shape index (κ2) is 13.8. The number of aromatic nitrogens is 6. The van der Waals surface area contributed by atoms with Crippen LogP contribution >= 0.6 is 0 Å². The van der Waals surface area contributed by atoms with Crippen LogP contribution in [0.15, 0.2) is 49.1 Å². The Morgan fingerprint density at radius 3 is 2.95 bits per heavy atom. The van der Waals surface area contributed by atoms with Crippen molar-refractivity contribution in [1.29, 1.82) is 0 Å². The zero-order valence-corrected chi connectivity index (χ0v) is 23.4. The van der Waals surface area contributed by atoms with Crippen LogP contribution in [0.25, 0.3) is 11.0 Å². The summed E-state index contributed by atoms with van der Waals surface area (Å²) in [5.74, 6) is 1.13. The van der Waals surface area contributed by atoms with Gasteiger partial charge in [-0.15, -0.1) is 0 Å². The number of nitrogens with zero attached hydrogens (tertiary/aromatic N) is 7. The molecule has 12 heteroatoms. The quantitative estimate of drug-likeness (QED) is 0.185. The lowest BCUT2D eigenvalue weighted by atomic mass is 10.1. The number of nitrogens with one attached hydrogen (secondary N) is 2. The number of aliphatic carboxylic acids is 1. The van der Waals surface area contributed by atoms with E-state index < -0.39 is 12.0 Å². The van der Waals surface area contributed by atoms with Crippen LogP contribution in [0, 0.1) is 0 Å². The van der Waals surface area contributed by atoms with Gasteiger partial charge in [0.25, 0.3) is 0 Å². The lowest BCUT2D eigenvalue weighted by molar-refractivity contribution is -0.138. The summed E-state index contributed by atoms with van der Waals surface area (Å²) in [5.41, 5.74) is 3.73. The lowest BCUT2D eigenvalue weighted by Crippen LogP contribution is -2.37. The van der Waals surface area contributed by atoms with Gasteiger partial charge in [0, 0.05) is 44.6 Å².